The molecule has 2 rings (SSSR count). The number of benzene rings is 2. The smallest absolute Gasteiger partial charge is 0.243 e. The minimum atomic E-state index is -3.82. The molecule has 0 aliphatic carbocycles. The third-order valence-electron chi connectivity index (χ3n) is 4.19. The average molecular weight is 394 g/mol. The second-order valence-corrected chi connectivity index (χ2v) is 8.28. The molecule has 0 radical (unpaired) electrons. The SMILES string of the molecule is COc1ccc(S(=O)(=O)N(C)CC(=O)N[C@H](C)c2ccc(F)cc2)cc1C. The van der Waals surface area contributed by atoms with Crippen LogP contribution in [0.5, 0.6) is 5.75 Å². The molecule has 0 aliphatic heterocycles. The Bertz CT molecular complexity index is 914. The minimum Gasteiger partial charge on any atom is -0.496 e. The summed E-state index contributed by atoms with van der Waals surface area (Å²) in [6.45, 7) is 3.15. The number of halogens is 1. The van der Waals surface area contributed by atoms with Gasteiger partial charge in [-0.25, -0.2) is 12.8 Å². The molecular weight excluding hydrogens is 371 g/mol. The number of sulfonamides is 1. The molecule has 0 saturated heterocycles. The maximum Gasteiger partial charge on any atom is 0.243 e. The predicted octanol–water partition coefficient (Wildman–Crippen LogP) is 2.64. The second kappa shape index (κ2) is 8.49. The summed E-state index contributed by atoms with van der Waals surface area (Å²) in [6, 6.07) is 9.90. The number of hydrogen-bond donors (Lipinski definition) is 1. The van der Waals surface area contributed by atoms with E-state index in [2.05, 4.69) is 5.32 Å². The number of hydrogen-bond acceptors (Lipinski definition) is 4. The number of nitrogens with one attached hydrogen (secondary N) is 1. The number of methoxy groups -OCH3 is 1. The third kappa shape index (κ3) is 5.05. The van der Waals surface area contributed by atoms with Gasteiger partial charge >= 0.3 is 0 Å². The highest BCUT2D eigenvalue weighted by molar-refractivity contribution is 7.89. The van der Waals surface area contributed by atoms with E-state index in [0.717, 1.165) is 9.87 Å². The lowest BCUT2D eigenvalue weighted by Crippen LogP contribution is -2.39. The molecule has 27 heavy (non-hydrogen) atoms. The Morgan fingerprint density at radius 2 is 1.85 bits per heavy atom. The van der Waals surface area contributed by atoms with E-state index in [4.69, 9.17) is 4.74 Å². The van der Waals surface area contributed by atoms with E-state index < -0.39 is 15.9 Å². The summed E-state index contributed by atoms with van der Waals surface area (Å²) in [5, 5.41) is 2.71. The first-order valence-electron chi connectivity index (χ1n) is 8.31. The van der Waals surface area contributed by atoms with Crippen LogP contribution in [0.25, 0.3) is 0 Å². The van der Waals surface area contributed by atoms with E-state index in [9.17, 15) is 17.6 Å². The molecule has 0 saturated carbocycles. The Kier molecular flexibility index (Phi) is 6.56. The van der Waals surface area contributed by atoms with Crippen LogP contribution < -0.4 is 10.1 Å². The quantitative estimate of drug-likeness (QED) is 0.783. The van der Waals surface area contributed by atoms with Gasteiger partial charge in [0.25, 0.3) is 0 Å². The van der Waals surface area contributed by atoms with Crippen molar-refractivity contribution in [1.82, 2.24) is 9.62 Å². The number of rotatable bonds is 7. The van der Waals surface area contributed by atoms with Crippen LogP contribution in [0, 0.1) is 12.7 Å². The van der Waals surface area contributed by atoms with E-state index >= 15 is 0 Å². The molecule has 2 aromatic rings. The Morgan fingerprint density at radius 3 is 2.41 bits per heavy atom. The minimum absolute atomic E-state index is 0.0858. The number of carbonyl (C=O) groups is 1. The van der Waals surface area contributed by atoms with E-state index in [1.165, 1.54) is 38.4 Å². The molecular formula is C19H23FN2O4S. The predicted molar refractivity (Wildman–Crippen MR) is 101 cm³/mol. The van der Waals surface area contributed by atoms with Crippen LogP contribution in [0.15, 0.2) is 47.4 Å². The Morgan fingerprint density at radius 1 is 1.22 bits per heavy atom. The molecule has 0 aromatic heterocycles. The summed E-state index contributed by atoms with van der Waals surface area (Å²) in [7, 11) is -0.967. The lowest BCUT2D eigenvalue weighted by Gasteiger charge is -2.20. The van der Waals surface area contributed by atoms with Crippen LogP contribution >= 0.6 is 0 Å². The molecule has 1 atom stereocenters. The van der Waals surface area contributed by atoms with Crippen molar-refractivity contribution in [2.45, 2.75) is 24.8 Å². The van der Waals surface area contributed by atoms with Gasteiger partial charge in [-0.1, -0.05) is 12.1 Å². The molecule has 0 aliphatic rings. The normalized spacial score (nSPS) is 12.7. The highest BCUT2D eigenvalue weighted by Crippen LogP contribution is 2.23. The zero-order chi connectivity index (χ0) is 20.2. The fourth-order valence-corrected chi connectivity index (χ4v) is 3.81. The van der Waals surface area contributed by atoms with Gasteiger partial charge in [0.05, 0.1) is 24.6 Å². The number of ether oxygens (including phenoxy) is 1. The van der Waals surface area contributed by atoms with Crippen molar-refractivity contribution in [1.29, 1.82) is 0 Å². The lowest BCUT2D eigenvalue weighted by atomic mass is 10.1. The molecule has 0 unspecified atom stereocenters. The van der Waals surface area contributed by atoms with Crippen molar-refractivity contribution in [3.8, 4) is 5.75 Å². The first-order valence-corrected chi connectivity index (χ1v) is 9.75. The largest absolute Gasteiger partial charge is 0.496 e. The number of carbonyl (C=O) groups excluding carboxylic acids is 1. The van der Waals surface area contributed by atoms with Crippen molar-refractivity contribution in [3.63, 3.8) is 0 Å². The highest BCUT2D eigenvalue weighted by Gasteiger charge is 2.24. The van der Waals surface area contributed by atoms with Crippen molar-refractivity contribution < 1.29 is 22.3 Å². The molecule has 0 spiro atoms. The fraction of sp³-hybridized carbons (Fsp3) is 0.316. The van der Waals surface area contributed by atoms with E-state index in [-0.39, 0.29) is 23.3 Å². The van der Waals surface area contributed by atoms with Crippen LogP contribution in [0.1, 0.15) is 24.1 Å². The summed E-state index contributed by atoms with van der Waals surface area (Å²) in [6.07, 6.45) is 0. The summed E-state index contributed by atoms with van der Waals surface area (Å²) >= 11 is 0. The summed E-state index contributed by atoms with van der Waals surface area (Å²) < 4.78 is 44.5. The number of likely N-dealkylation sites (N-methyl/N-ethyl adjacent to an activating group) is 1. The van der Waals surface area contributed by atoms with Gasteiger partial charge in [0, 0.05) is 7.05 Å². The molecule has 2 aromatic carbocycles. The van der Waals surface area contributed by atoms with Gasteiger partial charge < -0.3 is 10.1 Å². The van der Waals surface area contributed by atoms with Gasteiger partial charge in [0.1, 0.15) is 11.6 Å². The van der Waals surface area contributed by atoms with Crippen LogP contribution in [0.4, 0.5) is 4.39 Å². The molecule has 1 amide bonds. The first-order chi connectivity index (χ1) is 12.6. The highest BCUT2D eigenvalue weighted by atomic mass is 32.2. The van der Waals surface area contributed by atoms with Crippen LogP contribution in [-0.2, 0) is 14.8 Å². The van der Waals surface area contributed by atoms with Gasteiger partial charge in [-0.15, -0.1) is 0 Å². The van der Waals surface area contributed by atoms with E-state index in [0.29, 0.717) is 11.3 Å². The standard InChI is InChI=1S/C19H23FN2O4S/c1-13-11-17(9-10-18(13)26-4)27(24,25)22(3)12-19(23)21-14(2)15-5-7-16(20)8-6-15/h5-11,14H,12H2,1-4H3,(H,21,23)/t14-/m1/s1. The zero-order valence-corrected chi connectivity index (χ0v) is 16.5. The monoisotopic (exact) mass is 394 g/mol. The van der Waals surface area contributed by atoms with E-state index in [1.54, 1.807) is 32.0 Å². The average Bonchev–Trinajstić information content (AvgIpc) is 2.61. The lowest BCUT2D eigenvalue weighted by molar-refractivity contribution is -0.121. The fourth-order valence-electron chi connectivity index (χ4n) is 2.60. The summed E-state index contributed by atoms with van der Waals surface area (Å²) in [5.41, 5.74) is 1.40. The Labute approximate surface area is 159 Å². The molecule has 0 fully saturated rings. The van der Waals surface area contributed by atoms with Gasteiger partial charge in [-0.2, -0.15) is 4.31 Å². The zero-order valence-electron chi connectivity index (χ0n) is 15.7. The maximum atomic E-state index is 13.0. The van der Waals surface area contributed by atoms with Gasteiger partial charge in [-0.3, -0.25) is 4.79 Å². The van der Waals surface area contributed by atoms with Gasteiger partial charge in [0.2, 0.25) is 15.9 Å². The molecule has 6 nitrogen and oxygen atoms in total. The van der Waals surface area contributed by atoms with Gasteiger partial charge in [-0.05, 0) is 55.3 Å². The van der Waals surface area contributed by atoms with Crippen molar-refractivity contribution in [3.05, 3.63) is 59.4 Å². The van der Waals surface area contributed by atoms with Crippen molar-refractivity contribution >= 4 is 15.9 Å². The first kappa shape index (κ1) is 20.9. The maximum absolute atomic E-state index is 13.0. The topological polar surface area (TPSA) is 75.7 Å². The molecule has 8 heteroatoms. The van der Waals surface area contributed by atoms with Crippen molar-refractivity contribution in [2.75, 3.05) is 20.7 Å². The van der Waals surface area contributed by atoms with Crippen LogP contribution in [0.3, 0.4) is 0 Å². The second-order valence-electron chi connectivity index (χ2n) is 6.23. The van der Waals surface area contributed by atoms with Crippen LogP contribution in [-0.4, -0.2) is 39.3 Å². The number of nitrogens with zero attached hydrogens (tertiary/aromatic N) is 1. The summed E-state index contributed by atoms with van der Waals surface area (Å²) in [5.74, 6) is -0.233. The van der Waals surface area contributed by atoms with Crippen LogP contribution in [0.2, 0.25) is 0 Å². The Hall–Kier alpha value is -2.45. The molecule has 0 heterocycles. The van der Waals surface area contributed by atoms with Crippen molar-refractivity contribution in [2.24, 2.45) is 0 Å². The Balaban J connectivity index is 2.06. The van der Waals surface area contributed by atoms with Gasteiger partial charge in [0.15, 0.2) is 0 Å². The molecule has 0 bridgehead atoms. The number of aryl methyl sites for hydroxylation is 1. The molecule has 146 valence electrons. The van der Waals surface area contributed by atoms with E-state index in [1.807, 2.05) is 0 Å². The number of amides is 1. The molecule has 1 N–H and O–H groups in total. The third-order valence-corrected chi connectivity index (χ3v) is 5.99. The summed E-state index contributed by atoms with van der Waals surface area (Å²) in [4.78, 5) is 12.3.